The van der Waals surface area contributed by atoms with Crippen molar-refractivity contribution < 1.29 is 13.5 Å². The van der Waals surface area contributed by atoms with Crippen LogP contribution in [0.1, 0.15) is 12.8 Å². The molecule has 0 N–H and O–H groups in total. The first-order valence-electron chi connectivity index (χ1n) is 11.5. The number of piperidine rings is 1. The molecule has 0 unspecified atom stereocenters. The van der Waals surface area contributed by atoms with Crippen LogP contribution < -0.4 is 9.64 Å². The second kappa shape index (κ2) is 10.4. The second-order valence-corrected chi connectivity index (χ2v) is 8.79. The molecule has 4 aromatic rings. The number of hydrogen-bond donors (Lipinski definition) is 0. The van der Waals surface area contributed by atoms with E-state index < -0.39 is 11.6 Å². The third-order valence-corrected chi connectivity index (χ3v) is 6.50. The minimum atomic E-state index is -0.666. The highest BCUT2D eigenvalue weighted by Crippen LogP contribution is 2.38. The van der Waals surface area contributed by atoms with Gasteiger partial charge in [0.25, 0.3) is 0 Å². The number of nitrogens with zero attached hydrogens (tertiary/aromatic N) is 5. The van der Waals surface area contributed by atoms with Crippen molar-refractivity contribution in [3.05, 3.63) is 77.6 Å². The van der Waals surface area contributed by atoms with E-state index in [1.165, 1.54) is 18.5 Å². The average molecular weight is 506 g/mol. The van der Waals surface area contributed by atoms with Crippen LogP contribution in [0.15, 0.2) is 70.9 Å². The molecule has 1 aromatic heterocycles. The normalized spacial score (nSPS) is 13.9. The number of methoxy groups -OCH3 is 1. The van der Waals surface area contributed by atoms with Gasteiger partial charge in [0.15, 0.2) is 5.82 Å². The summed E-state index contributed by atoms with van der Waals surface area (Å²) in [6.45, 7) is 1.33. The van der Waals surface area contributed by atoms with Crippen molar-refractivity contribution in [2.24, 2.45) is 9.98 Å². The monoisotopic (exact) mass is 505 g/mol. The molecule has 1 fully saturated rings. The minimum absolute atomic E-state index is 0.00360. The van der Waals surface area contributed by atoms with Gasteiger partial charge in [-0.15, -0.1) is 0 Å². The summed E-state index contributed by atoms with van der Waals surface area (Å²) in [5.74, 6) is 0.140. The number of aliphatic imine (C=N–C) groups is 2. The Morgan fingerprint density at radius 1 is 1.06 bits per heavy atom. The molecule has 1 saturated heterocycles. The largest absolute Gasteiger partial charge is 0.497 e. The lowest BCUT2D eigenvalue weighted by Gasteiger charge is -2.31. The lowest BCUT2D eigenvalue weighted by Crippen LogP contribution is -2.36. The maximum Gasteiger partial charge on any atom is 0.159 e. The first kappa shape index (κ1) is 23.9. The Kier molecular flexibility index (Phi) is 6.89. The van der Waals surface area contributed by atoms with Gasteiger partial charge in [-0.3, -0.25) is 0 Å². The molecule has 5 rings (SSSR count). The van der Waals surface area contributed by atoms with Gasteiger partial charge in [-0.1, -0.05) is 29.8 Å². The lowest BCUT2D eigenvalue weighted by atomic mass is 10.0. The van der Waals surface area contributed by atoms with E-state index in [0.717, 1.165) is 24.3 Å². The highest BCUT2D eigenvalue weighted by molar-refractivity contribution is 6.34. The van der Waals surface area contributed by atoms with Gasteiger partial charge < -0.3 is 9.64 Å². The molecule has 6 nitrogen and oxygen atoms in total. The molecule has 0 aliphatic carbocycles. The maximum atomic E-state index is 15.5. The van der Waals surface area contributed by atoms with Crippen molar-refractivity contribution >= 4 is 40.0 Å². The summed E-state index contributed by atoms with van der Waals surface area (Å²) in [4.78, 5) is 19.4. The number of fused-ring (bicyclic) bond motifs is 1. The van der Waals surface area contributed by atoms with Gasteiger partial charge in [0.1, 0.15) is 29.2 Å². The Balaban J connectivity index is 1.35. The minimum Gasteiger partial charge on any atom is -0.497 e. The maximum absolute atomic E-state index is 15.5. The van der Waals surface area contributed by atoms with Crippen molar-refractivity contribution in [1.82, 2.24) is 9.97 Å². The average Bonchev–Trinajstić information content (AvgIpc) is 2.90. The summed E-state index contributed by atoms with van der Waals surface area (Å²) in [7, 11) is 1.62. The molecule has 3 aromatic carbocycles. The summed E-state index contributed by atoms with van der Waals surface area (Å²) in [5.41, 5.74) is 0.945. The van der Waals surface area contributed by atoms with Crippen molar-refractivity contribution in [2.45, 2.75) is 18.9 Å². The van der Waals surface area contributed by atoms with Gasteiger partial charge >= 0.3 is 0 Å². The van der Waals surface area contributed by atoms with Crippen molar-refractivity contribution in [1.29, 1.82) is 0 Å². The molecule has 0 amide bonds. The van der Waals surface area contributed by atoms with Crippen LogP contribution in [-0.2, 0) is 0 Å². The smallest absolute Gasteiger partial charge is 0.159 e. The predicted molar refractivity (Wildman–Crippen MR) is 138 cm³/mol. The van der Waals surface area contributed by atoms with Gasteiger partial charge in [-0.25, -0.2) is 23.7 Å². The number of anilines is 1. The summed E-state index contributed by atoms with van der Waals surface area (Å²) in [6, 6.07) is 17.8. The molecule has 0 bridgehead atoms. The molecule has 182 valence electrons. The van der Waals surface area contributed by atoms with Crippen molar-refractivity contribution in [2.75, 3.05) is 25.1 Å². The topological polar surface area (TPSA) is 63.0 Å². The Bertz CT molecular complexity index is 1460. The van der Waals surface area contributed by atoms with Crippen molar-refractivity contribution in [3.63, 3.8) is 0 Å². The highest BCUT2D eigenvalue weighted by Gasteiger charge is 2.24. The van der Waals surface area contributed by atoms with E-state index in [4.69, 9.17) is 16.3 Å². The Labute approximate surface area is 212 Å². The predicted octanol–water partition coefficient (Wildman–Crippen LogP) is 6.71. The zero-order valence-corrected chi connectivity index (χ0v) is 20.2. The van der Waals surface area contributed by atoms with Crippen LogP contribution in [0.3, 0.4) is 0 Å². The van der Waals surface area contributed by atoms with Crippen LogP contribution in [0.5, 0.6) is 5.75 Å². The molecule has 0 radical (unpaired) electrons. The molecule has 9 heteroatoms. The fourth-order valence-electron chi connectivity index (χ4n) is 4.31. The van der Waals surface area contributed by atoms with Gasteiger partial charge in [-0.05, 0) is 49.2 Å². The quantitative estimate of drug-likeness (QED) is 0.283. The second-order valence-electron chi connectivity index (χ2n) is 8.38. The van der Waals surface area contributed by atoms with Crippen LogP contribution in [-0.4, -0.2) is 42.2 Å². The van der Waals surface area contributed by atoms with Crippen LogP contribution in [0.2, 0.25) is 5.02 Å². The lowest BCUT2D eigenvalue weighted by molar-refractivity contribution is 0.415. The third-order valence-electron chi connectivity index (χ3n) is 6.20. The molecule has 1 aliphatic heterocycles. The summed E-state index contributed by atoms with van der Waals surface area (Å²) in [5, 5.41) is 0.596. The molecule has 0 saturated carbocycles. The summed E-state index contributed by atoms with van der Waals surface area (Å²) >= 11 is 6.45. The SMILES string of the molecule is COc1ccc(N=C=NC2CCN(c3ncnc4c(F)c(-c5ccccc5F)c(Cl)cc34)CC2)cc1. The standard InChI is InChI=1S/C27H22ClF2N5O/c1-36-19-8-6-17(7-9-19)31-15-32-18-10-12-35(13-11-18)27-21-14-22(28)24(20-4-2-3-5-23(20)29)25(30)26(21)33-16-34-27/h2-9,14,16,18H,10-13H2,1H3. The zero-order valence-electron chi connectivity index (χ0n) is 19.5. The molecule has 36 heavy (non-hydrogen) atoms. The highest BCUT2D eigenvalue weighted by atomic mass is 35.5. The summed E-state index contributed by atoms with van der Waals surface area (Å²) < 4.78 is 35.0. The molecule has 0 spiro atoms. The van der Waals surface area contributed by atoms with Gasteiger partial charge in [0.05, 0.1) is 29.9 Å². The van der Waals surface area contributed by atoms with E-state index in [0.29, 0.717) is 24.3 Å². The number of benzene rings is 3. The van der Waals surface area contributed by atoms with E-state index in [1.54, 1.807) is 25.3 Å². The number of hydrogen-bond acceptors (Lipinski definition) is 6. The molecule has 0 atom stereocenters. The number of ether oxygens (including phenoxy) is 1. The number of halogens is 3. The zero-order chi connectivity index (χ0) is 25.1. The number of aromatic nitrogens is 2. The van der Waals surface area contributed by atoms with Gasteiger partial charge in [-0.2, -0.15) is 4.99 Å². The van der Waals surface area contributed by atoms with E-state index in [9.17, 15) is 4.39 Å². The van der Waals surface area contributed by atoms with Crippen molar-refractivity contribution in [3.8, 4) is 16.9 Å². The molecule has 2 heterocycles. The van der Waals surface area contributed by atoms with Crippen LogP contribution in [0.25, 0.3) is 22.0 Å². The fourth-order valence-corrected chi connectivity index (χ4v) is 4.60. The van der Waals surface area contributed by atoms with E-state index >= 15 is 4.39 Å². The third kappa shape index (κ3) is 4.78. The Morgan fingerprint density at radius 3 is 2.53 bits per heavy atom. The Hall–Kier alpha value is -3.87. The molecular weight excluding hydrogens is 484 g/mol. The number of rotatable bonds is 5. The van der Waals surface area contributed by atoms with E-state index in [1.807, 2.05) is 24.3 Å². The fraction of sp³-hybridized carbons (Fsp3) is 0.222. The van der Waals surface area contributed by atoms with Crippen LogP contribution in [0.4, 0.5) is 20.3 Å². The first-order chi connectivity index (χ1) is 17.5. The molecule has 1 aliphatic rings. The van der Waals surface area contributed by atoms with Crippen LogP contribution in [0, 0.1) is 11.6 Å². The molecular formula is C27H22ClF2N5O. The van der Waals surface area contributed by atoms with E-state index in [-0.39, 0.29) is 27.7 Å². The summed E-state index contributed by atoms with van der Waals surface area (Å²) in [6.07, 6.45) is 2.85. The van der Waals surface area contributed by atoms with Crippen LogP contribution >= 0.6 is 11.6 Å². The van der Waals surface area contributed by atoms with E-state index in [2.05, 4.69) is 30.9 Å². The van der Waals surface area contributed by atoms with Gasteiger partial charge in [0.2, 0.25) is 0 Å². The first-order valence-corrected chi connectivity index (χ1v) is 11.8. The Morgan fingerprint density at radius 2 is 1.81 bits per heavy atom. The van der Waals surface area contributed by atoms with Gasteiger partial charge in [0, 0.05) is 29.6 Å².